The minimum atomic E-state index is -1.20. The molecule has 6 nitrogen and oxygen atoms in total. The van der Waals surface area contributed by atoms with Gasteiger partial charge in [-0.2, -0.15) is 0 Å². The van der Waals surface area contributed by atoms with Crippen LogP contribution in [0.1, 0.15) is 19.4 Å². The first kappa shape index (κ1) is 22.5. The monoisotopic (exact) mass is 391 g/mol. The molecule has 2 aromatic rings. The standard InChI is InChI=1S/C20H25N3O3.ClH/c1-4-23(19(25)20(2,21)15-9-6-5-7-10-15)14-18(24)22-16-11-8-12-17(13-16)26-3;/h5-13H,4,14,21H2,1-3H3,(H,22,24);1H. The zero-order valence-electron chi connectivity index (χ0n) is 15.8. The lowest BCUT2D eigenvalue weighted by molar-refractivity contribution is -0.139. The maximum absolute atomic E-state index is 12.9. The molecule has 0 aliphatic heterocycles. The van der Waals surface area contributed by atoms with Crippen LogP contribution in [0.4, 0.5) is 5.69 Å². The number of anilines is 1. The number of carbonyl (C=O) groups is 2. The van der Waals surface area contributed by atoms with E-state index in [2.05, 4.69) is 5.32 Å². The number of likely N-dealkylation sites (N-methyl/N-ethyl adjacent to an activating group) is 1. The average molecular weight is 392 g/mol. The first-order valence-corrected chi connectivity index (χ1v) is 8.46. The van der Waals surface area contributed by atoms with E-state index in [-0.39, 0.29) is 30.8 Å². The van der Waals surface area contributed by atoms with Gasteiger partial charge in [0.1, 0.15) is 11.3 Å². The molecule has 3 N–H and O–H groups in total. The molecule has 2 aromatic carbocycles. The molecular formula is C20H26ClN3O3. The minimum absolute atomic E-state index is 0. The van der Waals surface area contributed by atoms with Gasteiger partial charge in [-0.3, -0.25) is 9.59 Å². The van der Waals surface area contributed by atoms with Gasteiger partial charge in [0.15, 0.2) is 0 Å². The highest BCUT2D eigenvalue weighted by molar-refractivity contribution is 5.96. The first-order valence-electron chi connectivity index (χ1n) is 8.46. The van der Waals surface area contributed by atoms with Gasteiger partial charge in [-0.15, -0.1) is 12.4 Å². The molecule has 0 bridgehead atoms. The first-order chi connectivity index (χ1) is 12.4. The molecule has 0 aromatic heterocycles. The van der Waals surface area contributed by atoms with Crippen LogP contribution in [0.15, 0.2) is 54.6 Å². The number of methoxy groups -OCH3 is 1. The van der Waals surface area contributed by atoms with Crippen LogP contribution in [0.3, 0.4) is 0 Å². The highest BCUT2D eigenvalue weighted by Gasteiger charge is 2.34. The Labute approximate surface area is 166 Å². The summed E-state index contributed by atoms with van der Waals surface area (Å²) < 4.78 is 5.14. The quantitative estimate of drug-likeness (QED) is 0.760. The highest BCUT2D eigenvalue weighted by Crippen LogP contribution is 2.21. The molecule has 0 radical (unpaired) electrons. The van der Waals surface area contributed by atoms with Crippen LogP contribution in [0, 0.1) is 0 Å². The maximum Gasteiger partial charge on any atom is 0.247 e. The van der Waals surface area contributed by atoms with E-state index < -0.39 is 5.54 Å². The Morgan fingerprint density at radius 3 is 2.41 bits per heavy atom. The van der Waals surface area contributed by atoms with E-state index in [0.717, 1.165) is 0 Å². The van der Waals surface area contributed by atoms with Crippen molar-refractivity contribution in [2.45, 2.75) is 19.4 Å². The third kappa shape index (κ3) is 5.70. The van der Waals surface area contributed by atoms with Crippen molar-refractivity contribution in [2.75, 3.05) is 25.5 Å². The Kier molecular flexibility index (Phi) is 8.28. The van der Waals surface area contributed by atoms with Gasteiger partial charge < -0.3 is 20.7 Å². The second-order valence-corrected chi connectivity index (χ2v) is 6.17. The number of halogens is 1. The van der Waals surface area contributed by atoms with Crippen molar-refractivity contribution in [3.8, 4) is 5.75 Å². The average Bonchev–Trinajstić information content (AvgIpc) is 2.66. The van der Waals surface area contributed by atoms with E-state index >= 15 is 0 Å². The van der Waals surface area contributed by atoms with Gasteiger partial charge in [-0.25, -0.2) is 0 Å². The van der Waals surface area contributed by atoms with Crippen molar-refractivity contribution < 1.29 is 14.3 Å². The molecule has 0 saturated heterocycles. The van der Waals surface area contributed by atoms with E-state index in [4.69, 9.17) is 10.5 Å². The molecule has 2 amide bonds. The molecular weight excluding hydrogens is 366 g/mol. The predicted molar refractivity (Wildman–Crippen MR) is 109 cm³/mol. The van der Waals surface area contributed by atoms with Gasteiger partial charge in [0.2, 0.25) is 11.8 Å². The zero-order valence-corrected chi connectivity index (χ0v) is 16.6. The number of nitrogens with two attached hydrogens (primary N) is 1. The molecule has 0 aliphatic rings. The second kappa shape index (κ2) is 9.94. The lowest BCUT2D eigenvalue weighted by Gasteiger charge is -2.31. The van der Waals surface area contributed by atoms with Crippen molar-refractivity contribution in [3.63, 3.8) is 0 Å². The normalized spacial score (nSPS) is 12.3. The van der Waals surface area contributed by atoms with Crippen molar-refractivity contribution >= 4 is 29.9 Å². The minimum Gasteiger partial charge on any atom is -0.497 e. The van der Waals surface area contributed by atoms with Crippen molar-refractivity contribution in [1.29, 1.82) is 0 Å². The molecule has 0 heterocycles. The predicted octanol–water partition coefficient (Wildman–Crippen LogP) is 2.78. The van der Waals surface area contributed by atoms with E-state index in [0.29, 0.717) is 23.5 Å². The lowest BCUT2D eigenvalue weighted by Crippen LogP contribution is -2.52. The third-order valence-electron chi connectivity index (χ3n) is 4.17. The van der Waals surface area contributed by atoms with E-state index in [1.165, 1.54) is 4.90 Å². The van der Waals surface area contributed by atoms with Crippen LogP contribution in [0.2, 0.25) is 0 Å². The number of hydrogen-bond acceptors (Lipinski definition) is 4. The summed E-state index contributed by atoms with van der Waals surface area (Å²) in [6.45, 7) is 3.78. The van der Waals surface area contributed by atoms with Crippen molar-refractivity contribution in [2.24, 2.45) is 5.73 Å². The fourth-order valence-electron chi connectivity index (χ4n) is 2.64. The Hall–Kier alpha value is -2.57. The Morgan fingerprint density at radius 1 is 1.15 bits per heavy atom. The molecule has 27 heavy (non-hydrogen) atoms. The number of amides is 2. The molecule has 146 valence electrons. The third-order valence-corrected chi connectivity index (χ3v) is 4.17. The largest absolute Gasteiger partial charge is 0.497 e. The molecule has 0 aliphatic carbocycles. The van der Waals surface area contributed by atoms with Gasteiger partial charge >= 0.3 is 0 Å². The van der Waals surface area contributed by atoms with Crippen molar-refractivity contribution in [3.05, 3.63) is 60.2 Å². The van der Waals surface area contributed by atoms with Crippen LogP contribution in [0.25, 0.3) is 0 Å². The fraction of sp³-hybridized carbons (Fsp3) is 0.300. The number of nitrogens with zero attached hydrogens (tertiary/aromatic N) is 1. The summed E-state index contributed by atoms with van der Waals surface area (Å²) in [6, 6.07) is 16.2. The molecule has 2 rings (SSSR count). The number of hydrogen-bond donors (Lipinski definition) is 2. The topological polar surface area (TPSA) is 84.7 Å². The van der Waals surface area contributed by atoms with Gasteiger partial charge in [-0.1, -0.05) is 36.4 Å². The number of ether oxygens (including phenoxy) is 1. The van der Waals surface area contributed by atoms with E-state index in [1.807, 2.05) is 37.3 Å². The van der Waals surface area contributed by atoms with Crippen LogP contribution in [0.5, 0.6) is 5.75 Å². The molecule has 7 heteroatoms. The van der Waals surface area contributed by atoms with Gasteiger partial charge in [0.05, 0.1) is 13.7 Å². The smallest absolute Gasteiger partial charge is 0.247 e. The molecule has 0 spiro atoms. The molecule has 0 fully saturated rings. The number of benzene rings is 2. The summed E-state index contributed by atoms with van der Waals surface area (Å²) >= 11 is 0. The second-order valence-electron chi connectivity index (χ2n) is 6.17. The SMILES string of the molecule is CCN(CC(=O)Nc1cccc(OC)c1)C(=O)C(C)(N)c1ccccc1.Cl. The summed E-state index contributed by atoms with van der Waals surface area (Å²) in [5.41, 5.74) is 6.40. The van der Waals surface area contributed by atoms with E-state index in [9.17, 15) is 9.59 Å². The zero-order chi connectivity index (χ0) is 19.2. The number of nitrogens with one attached hydrogen (secondary N) is 1. The van der Waals surface area contributed by atoms with Gasteiger partial charge in [0, 0.05) is 18.3 Å². The fourth-order valence-corrected chi connectivity index (χ4v) is 2.64. The lowest BCUT2D eigenvalue weighted by atomic mass is 9.91. The van der Waals surface area contributed by atoms with Crippen LogP contribution < -0.4 is 15.8 Å². The van der Waals surface area contributed by atoms with Crippen LogP contribution in [-0.2, 0) is 15.1 Å². The van der Waals surface area contributed by atoms with Crippen LogP contribution in [-0.4, -0.2) is 36.9 Å². The Bertz CT molecular complexity index is 766. The van der Waals surface area contributed by atoms with Crippen molar-refractivity contribution in [1.82, 2.24) is 4.90 Å². The Balaban J connectivity index is 0.00000364. The number of rotatable bonds is 7. The summed E-state index contributed by atoms with van der Waals surface area (Å²) in [5.74, 6) is 0.0501. The maximum atomic E-state index is 12.9. The van der Waals surface area contributed by atoms with Crippen LogP contribution >= 0.6 is 12.4 Å². The van der Waals surface area contributed by atoms with E-state index in [1.54, 1.807) is 38.3 Å². The highest BCUT2D eigenvalue weighted by atomic mass is 35.5. The van der Waals surface area contributed by atoms with Gasteiger partial charge in [0.25, 0.3) is 0 Å². The number of carbonyl (C=O) groups excluding carboxylic acids is 2. The molecule has 1 unspecified atom stereocenters. The summed E-state index contributed by atoms with van der Waals surface area (Å²) in [4.78, 5) is 26.7. The van der Waals surface area contributed by atoms with Gasteiger partial charge in [-0.05, 0) is 31.5 Å². The summed E-state index contributed by atoms with van der Waals surface area (Å²) in [5, 5.41) is 2.77. The Morgan fingerprint density at radius 2 is 1.81 bits per heavy atom. The molecule has 0 saturated carbocycles. The summed E-state index contributed by atoms with van der Waals surface area (Å²) in [7, 11) is 1.56. The summed E-state index contributed by atoms with van der Waals surface area (Å²) in [6.07, 6.45) is 0. The molecule has 1 atom stereocenters.